The molecule has 1 nitrogen and oxygen atoms in total. The van der Waals surface area contributed by atoms with Crippen molar-refractivity contribution in [2.24, 2.45) is 11.1 Å². The molecule has 1 aliphatic carbocycles. The molecule has 0 bridgehead atoms. The minimum absolute atomic E-state index is 0.160. The van der Waals surface area contributed by atoms with Crippen molar-refractivity contribution in [2.45, 2.75) is 84.1 Å². The van der Waals surface area contributed by atoms with Crippen LogP contribution in [0.5, 0.6) is 0 Å². The predicted molar refractivity (Wildman–Crippen MR) is 67.9 cm³/mol. The van der Waals surface area contributed by atoms with Crippen molar-refractivity contribution >= 4 is 0 Å². The van der Waals surface area contributed by atoms with Gasteiger partial charge in [-0.2, -0.15) is 0 Å². The quantitative estimate of drug-likeness (QED) is 0.726. The smallest absolute Gasteiger partial charge is 0.0154 e. The van der Waals surface area contributed by atoms with E-state index in [4.69, 9.17) is 5.73 Å². The Labute approximate surface area is 95.8 Å². The Balaban J connectivity index is 2.40. The lowest BCUT2D eigenvalue weighted by atomic mass is 9.77. The molecule has 0 spiro atoms. The topological polar surface area (TPSA) is 26.0 Å². The van der Waals surface area contributed by atoms with Gasteiger partial charge in [0.2, 0.25) is 0 Å². The van der Waals surface area contributed by atoms with Crippen molar-refractivity contribution in [1.82, 2.24) is 0 Å². The van der Waals surface area contributed by atoms with Crippen molar-refractivity contribution < 1.29 is 0 Å². The van der Waals surface area contributed by atoms with Crippen molar-refractivity contribution in [1.29, 1.82) is 0 Å². The van der Waals surface area contributed by atoms with Crippen LogP contribution in [0, 0.1) is 5.41 Å². The van der Waals surface area contributed by atoms with E-state index < -0.39 is 0 Å². The van der Waals surface area contributed by atoms with E-state index in [0.29, 0.717) is 5.41 Å². The molecule has 0 aromatic carbocycles. The maximum Gasteiger partial charge on any atom is 0.0154 e. The van der Waals surface area contributed by atoms with Gasteiger partial charge in [0.15, 0.2) is 0 Å². The molecule has 0 heterocycles. The van der Waals surface area contributed by atoms with Crippen LogP contribution >= 0.6 is 0 Å². The molecule has 0 atom stereocenters. The maximum atomic E-state index is 6.54. The third kappa shape index (κ3) is 5.55. The van der Waals surface area contributed by atoms with E-state index in [-0.39, 0.29) is 5.54 Å². The highest BCUT2D eigenvalue weighted by atomic mass is 14.7. The molecule has 1 saturated carbocycles. The van der Waals surface area contributed by atoms with Crippen LogP contribution in [0.4, 0.5) is 0 Å². The lowest BCUT2D eigenvalue weighted by molar-refractivity contribution is 0.246. The second-order valence-corrected chi connectivity index (χ2v) is 6.69. The van der Waals surface area contributed by atoms with Crippen LogP contribution in [0.15, 0.2) is 0 Å². The van der Waals surface area contributed by atoms with Crippen LogP contribution < -0.4 is 5.73 Å². The van der Waals surface area contributed by atoms with Crippen LogP contribution in [0.1, 0.15) is 78.6 Å². The molecular weight excluding hydrogens is 182 g/mol. The highest BCUT2D eigenvalue weighted by molar-refractivity contribution is 4.86. The molecule has 1 rings (SSSR count). The molecule has 1 aliphatic rings. The molecule has 2 N–H and O–H groups in total. The van der Waals surface area contributed by atoms with Crippen LogP contribution in [0.2, 0.25) is 0 Å². The Kier molecular flexibility index (Phi) is 4.64. The second-order valence-electron chi connectivity index (χ2n) is 6.69. The summed E-state index contributed by atoms with van der Waals surface area (Å²) in [5, 5.41) is 0. The minimum atomic E-state index is 0.160. The Morgan fingerprint density at radius 3 is 1.87 bits per heavy atom. The highest BCUT2D eigenvalue weighted by Gasteiger charge is 2.26. The summed E-state index contributed by atoms with van der Waals surface area (Å²) < 4.78 is 0. The summed E-state index contributed by atoms with van der Waals surface area (Å²) >= 11 is 0. The summed E-state index contributed by atoms with van der Waals surface area (Å²) in [6, 6.07) is 0. The zero-order valence-electron chi connectivity index (χ0n) is 10.9. The van der Waals surface area contributed by atoms with E-state index >= 15 is 0 Å². The fourth-order valence-corrected chi connectivity index (χ4v) is 2.48. The first-order valence-corrected chi connectivity index (χ1v) is 6.70. The van der Waals surface area contributed by atoms with Crippen LogP contribution in [0.3, 0.4) is 0 Å². The Morgan fingerprint density at radius 1 is 0.933 bits per heavy atom. The standard InChI is InChI=1S/C14H29N/c1-13(2,3)11-12-14(15)9-7-5-4-6-8-10-14/h4-12,15H2,1-3H3. The van der Waals surface area contributed by atoms with E-state index in [2.05, 4.69) is 20.8 Å². The van der Waals surface area contributed by atoms with E-state index in [0.717, 1.165) is 0 Å². The van der Waals surface area contributed by atoms with Crippen molar-refractivity contribution in [3.8, 4) is 0 Å². The van der Waals surface area contributed by atoms with E-state index in [1.807, 2.05) is 0 Å². The molecule has 1 heteroatoms. The molecule has 1 fully saturated rings. The lowest BCUT2D eigenvalue weighted by Crippen LogP contribution is -2.41. The molecular formula is C14H29N. The largest absolute Gasteiger partial charge is 0.325 e. The third-order valence-corrected chi connectivity index (χ3v) is 3.72. The van der Waals surface area contributed by atoms with Gasteiger partial charge < -0.3 is 5.73 Å². The first kappa shape index (κ1) is 13.0. The molecule has 0 aromatic rings. The van der Waals surface area contributed by atoms with Crippen LogP contribution in [0.25, 0.3) is 0 Å². The van der Waals surface area contributed by atoms with Gasteiger partial charge in [-0.15, -0.1) is 0 Å². The summed E-state index contributed by atoms with van der Waals surface area (Å²) in [7, 11) is 0. The van der Waals surface area contributed by atoms with Crippen molar-refractivity contribution in [3.63, 3.8) is 0 Å². The predicted octanol–water partition coefficient (Wildman–Crippen LogP) is 4.25. The number of nitrogens with two attached hydrogens (primary N) is 1. The summed E-state index contributed by atoms with van der Waals surface area (Å²) in [6.07, 6.45) is 11.9. The Bertz CT molecular complexity index is 170. The zero-order chi connectivity index (χ0) is 11.4. The summed E-state index contributed by atoms with van der Waals surface area (Å²) in [6.45, 7) is 6.96. The zero-order valence-corrected chi connectivity index (χ0v) is 10.9. The van der Waals surface area contributed by atoms with Crippen LogP contribution in [-0.2, 0) is 0 Å². The Hall–Kier alpha value is -0.0400. The van der Waals surface area contributed by atoms with E-state index in [1.165, 1.54) is 57.8 Å². The third-order valence-electron chi connectivity index (χ3n) is 3.72. The first-order valence-electron chi connectivity index (χ1n) is 6.70. The van der Waals surface area contributed by atoms with Gasteiger partial charge in [-0.1, -0.05) is 52.9 Å². The van der Waals surface area contributed by atoms with Gasteiger partial charge in [-0.05, 0) is 31.1 Å². The molecule has 0 aromatic heterocycles. The van der Waals surface area contributed by atoms with Crippen LogP contribution in [-0.4, -0.2) is 5.54 Å². The minimum Gasteiger partial charge on any atom is -0.325 e. The molecule has 0 radical (unpaired) electrons. The van der Waals surface area contributed by atoms with Crippen molar-refractivity contribution in [3.05, 3.63) is 0 Å². The van der Waals surface area contributed by atoms with Gasteiger partial charge in [0.05, 0.1) is 0 Å². The fourth-order valence-electron chi connectivity index (χ4n) is 2.48. The average molecular weight is 211 g/mol. The summed E-state index contributed by atoms with van der Waals surface area (Å²) in [5.74, 6) is 0. The molecule has 15 heavy (non-hydrogen) atoms. The molecule has 0 aliphatic heterocycles. The molecule has 0 amide bonds. The average Bonchev–Trinajstić information content (AvgIpc) is 2.08. The second kappa shape index (κ2) is 5.34. The Morgan fingerprint density at radius 2 is 1.40 bits per heavy atom. The van der Waals surface area contributed by atoms with Gasteiger partial charge >= 0.3 is 0 Å². The van der Waals surface area contributed by atoms with Crippen molar-refractivity contribution in [2.75, 3.05) is 0 Å². The number of hydrogen-bond donors (Lipinski definition) is 1. The monoisotopic (exact) mass is 211 g/mol. The SMILES string of the molecule is CC(C)(C)CCC1(N)CCCCCCC1. The van der Waals surface area contributed by atoms with Gasteiger partial charge in [0.1, 0.15) is 0 Å². The van der Waals surface area contributed by atoms with Gasteiger partial charge in [-0.25, -0.2) is 0 Å². The summed E-state index contributed by atoms with van der Waals surface area (Å²) in [5.41, 5.74) is 7.14. The fraction of sp³-hybridized carbons (Fsp3) is 1.00. The molecule has 90 valence electrons. The number of rotatable bonds is 2. The normalized spacial score (nSPS) is 23.2. The maximum absolute atomic E-state index is 6.54. The first-order chi connectivity index (χ1) is 6.91. The highest BCUT2D eigenvalue weighted by Crippen LogP contribution is 2.32. The van der Waals surface area contributed by atoms with Gasteiger partial charge in [-0.3, -0.25) is 0 Å². The van der Waals surface area contributed by atoms with Gasteiger partial charge in [0.25, 0.3) is 0 Å². The van der Waals surface area contributed by atoms with Gasteiger partial charge in [0, 0.05) is 5.54 Å². The molecule has 0 saturated heterocycles. The summed E-state index contributed by atoms with van der Waals surface area (Å²) in [4.78, 5) is 0. The van der Waals surface area contributed by atoms with E-state index in [9.17, 15) is 0 Å². The molecule has 0 unspecified atom stereocenters. The number of hydrogen-bond acceptors (Lipinski definition) is 1. The van der Waals surface area contributed by atoms with E-state index in [1.54, 1.807) is 0 Å². The lowest BCUT2D eigenvalue weighted by Gasteiger charge is -2.34.